The van der Waals surface area contributed by atoms with Gasteiger partial charge < -0.3 is 19.5 Å². The number of likely N-dealkylation sites (N-methyl/N-ethyl adjacent to an activating group) is 1. The quantitative estimate of drug-likeness (QED) is 0.799. The summed E-state index contributed by atoms with van der Waals surface area (Å²) >= 11 is 0. The minimum Gasteiger partial charge on any atom is -0.493 e. The minimum absolute atomic E-state index is 0.00126. The minimum atomic E-state index is -2.56. The van der Waals surface area contributed by atoms with Crippen LogP contribution in [0.2, 0.25) is 0 Å². The summed E-state index contributed by atoms with van der Waals surface area (Å²) in [6, 6.07) is 1.58. The Labute approximate surface area is 138 Å². The average molecular weight is 305 g/mol. The lowest BCUT2D eigenvalue weighted by Gasteiger charge is -2.56. The number of rotatable bonds is 1. The van der Waals surface area contributed by atoms with E-state index in [1.807, 2.05) is 0 Å². The third-order valence-electron chi connectivity index (χ3n) is 5.37. The van der Waals surface area contributed by atoms with Crippen molar-refractivity contribution in [1.82, 2.24) is 4.90 Å². The summed E-state index contributed by atoms with van der Waals surface area (Å²) in [5.41, 5.74) is -0.109. The van der Waals surface area contributed by atoms with Gasteiger partial charge in [0.05, 0.1) is 8.48 Å². The zero-order valence-corrected chi connectivity index (χ0v) is 12.2. The molecule has 2 aliphatic carbocycles. The molecule has 1 fully saturated rings. The lowest BCUT2D eigenvalue weighted by Crippen LogP contribution is -2.64. The predicted octanol–water partition coefficient (Wildman–Crippen LogP) is 1.50. The van der Waals surface area contributed by atoms with Crippen LogP contribution < -0.4 is 9.47 Å². The number of aliphatic hydroxyl groups is 1. The van der Waals surface area contributed by atoms with Crippen LogP contribution in [0.25, 0.3) is 0 Å². The van der Waals surface area contributed by atoms with Gasteiger partial charge in [-0.1, -0.05) is 18.2 Å². The van der Waals surface area contributed by atoms with Crippen molar-refractivity contribution in [2.75, 3.05) is 20.6 Å². The molecule has 5 atom stereocenters. The molecule has 2 aliphatic heterocycles. The maximum atomic E-state index is 10.7. The molecule has 0 aromatic heterocycles. The van der Waals surface area contributed by atoms with E-state index in [-0.39, 0.29) is 19.4 Å². The Balaban J connectivity index is 1.90. The van der Waals surface area contributed by atoms with E-state index >= 15 is 0 Å². The Hall–Kier alpha value is -1.52. The van der Waals surface area contributed by atoms with E-state index < -0.39 is 36.5 Å². The van der Waals surface area contributed by atoms with Crippen LogP contribution in [0.5, 0.6) is 11.5 Å². The highest BCUT2D eigenvalue weighted by Gasteiger charge is 2.64. The van der Waals surface area contributed by atoms with Crippen molar-refractivity contribution in [3.8, 4) is 11.5 Å². The summed E-state index contributed by atoms with van der Waals surface area (Å²) in [6.07, 6.45) is -0.443. The highest BCUT2D eigenvalue weighted by molar-refractivity contribution is 5.62. The monoisotopic (exact) mass is 305 g/mol. The fourth-order valence-corrected chi connectivity index (χ4v) is 4.46. The molecule has 2 bridgehead atoms. The van der Waals surface area contributed by atoms with Crippen LogP contribution in [0, 0.1) is 5.89 Å². The van der Waals surface area contributed by atoms with Gasteiger partial charge in [0.2, 0.25) is 0 Å². The zero-order chi connectivity index (χ0) is 20.3. The molecule has 0 amide bonds. The molecule has 22 heavy (non-hydrogen) atoms. The number of methoxy groups -OCH3 is 1. The van der Waals surface area contributed by atoms with Crippen molar-refractivity contribution in [3.63, 3.8) is 0 Å². The molecule has 1 aromatic carbocycles. The molecule has 2 heterocycles. The average Bonchev–Trinajstić information content (AvgIpc) is 2.87. The van der Waals surface area contributed by atoms with Crippen molar-refractivity contribution in [1.29, 1.82) is 0 Å². The van der Waals surface area contributed by atoms with Gasteiger partial charge in [0.1, 0.15) is 12.2 Å². The second-order valence-electron chi connectivity index (χ2n) is 6.25. The molecule has 1 saturated heterocycles. The molecular weight excluding hydrogens is 278 g/mol. The first-order chi connectivity index (χ1) is 13.0. The number of ether oxygens (including phenoxy) is 2. The fourth-order valence-electron chi connectivity index (χ4n) is 4.46. The summed E-state index contributed by atoms with van der Waals surface area (Å²) < 4.78 is 63.1. The number of hydrogen-bond acceptors (Lipinski definition) is 4. The molecule has 116 valence electrons. The van der Waals surface area contributed by atoms with Crippen LogP contribution in [0.4, 0.5) is 0 Å². The van der Waals surface area contributed by atoms with Gasteiger partial charge in [0, 0.05) is 29.7 Å². The first kappa shape index (κ1) is 8.37. The van der Waals surface area contributed by atoms with Gasteiger partial charge in [-0.25, -0.2) is 0 Å². The van der Waals surface area contributed by atoms with Crippen molar-refractivity contribution in [3.05, 3.63) is 35.4 Å². The maximum Gasteiger partial charge on any atom is 0.165 e. The Bertz CT molecular complexity index is 921. The number of piperidine rings is 1. The van der Waals surface area contributed by atoms with Crippen LogP contribution in [-0.4, -0.2) is 48.8 Å². The van der Waals surface area contributed by atoms with Crippen LogP contribution >= 0.6 is 0 Å². The van der Waals surface area contributed by atoms with Crippen LogP contribution in [0.3, 0.4) is 0 Å². The van der Waals surface area contributed by atoms with Crippen LogP contribution in [-0.2, 0) is 11.8 Å². The zero-order valence-electron chi connectivity index (χ0n) is 18.2. The Morgan fingerprint density at radius 3 is 3.23 bits per heavy atom. The summed E-state index contributed by atoms with van der Waals surface area (Å²) in [6.45, 7) is -2.56. The molecule has 1 spiro atoms. The number of likely N-dealkylation sites (tertiary alicyclic amines) is 1. The molecule has 2 unspecified atom stereocenters. The van der Waals surface area contributed by atoms with Gasteiger partial charge in [-0.05, 0) is 38.0 Å². The van der Waals surface area contributed by atoms with E-state index in [0.717, 1.165) is 4.90 Å². The lowest BCUT2D eigenvalue weighted by molar-refractivity contribution is -0.0453. The van der Waals surface area contributed by atoms with Gasteiger partial charge >= 0.3 is 0 Å². The normalized spacial score (nSPS) is 55.6. The van der Waals surface area contributed by atoms with Gasteiger partial charge in [-0.2, -0.15) is 0 Å². The predicted molar refractivity (Wildman–Crippen MR) is 82.5 cm³/mol. The molecule has 0 radical (unpaired) electrons. The first-order valence-electron chi connectivity index (χ1n) is 10.5. The number of benzene rings is 1. The van der Waals surface area contributed by atoms with E-state index in [0.29, 0.717) is 22.6 Å². The first-order valence-corrected chi connectivity index (χ1v) is 7.51. The van der Waals surface area contributed by atoms with Gasteiger partial charge in [-0.15, -0.1) is 0 Å². The van der Waals surface area contributed by atoms with E-state index in [2.05, 4.69) is 0 Å². The van der Waals surface area contributed by atoms with E-state index in [1.54, 1.807) is 12.1 Å². The molecule has 4 aliphatic rings. The standard InChI is InChI=1S/C18H21NO3/c1-19-8-7-18-11-4-5-13(20)17(18)22-16-14(21-2)6-3-10(15(16)18)9-12(11)19/h3-6,11-13,17,20H,7-9H2,1-2H3/t11-,12+,13?,17?,18-/m0/s1/i1D3,11D,12D,17D. The van der Waals surface area contributed by atoms with Crippen molar-refractivity contribution in [2.24, 2.45) is 5.89 Å². The molecule has 5 rings (SSSR count). The van der Waals surface area contributed by atoms with Crippen LogP contribution in [0.1, 0.15) is 25.8 Å². The van der Waals surface area contributed by atoms with Gasteiger partial charge in [0.25, 0.3) is 0 Å². The summed E-state index contributed by atoms with van der Waals surface area (Å²) in [4.78, 5) is 1.09. The number of hydrogen-bond donors (Lipinski definition) is 1. The Morgan fingerprint density at radius 1 is 1.50 bits per heavy atom. The van der Waals surface area contributed by atoms with E-state index in [4.69, 9.17) is 15.0 Å². The summed E-state index contributed by atoms with van der Waals surface area (Å²) in [5.74, 6) is -1.07. The fraction of sp³-hybridized carbons (Fsp3) is 0.556. The van der Waals surface area contributed by atoms with Crippen LogP contribution in [0.15, 0.2) is 24.3 Å². The summed E-state index contributed by atoms with van der Waals surface area (Å²) in [5, 5.41) is 10.7. The molecular formula is C18H21NO3. The Kier molecular flexibility index (Phi) is 1.54. The maximum absolute atomic E-state index is 10.7. The highest BCUT2D eigenvalue weighted by Crippen LogP contribution is 2.62. The van der Waals surface area contributed by atoms with Crippen molar-refractivity contribution < 1.29 is 22.8 Å². The van der Waals surface area contributed by atoms with E-state index in [9.17, 15) is 7.85 Å². The van der Waals surface area contributed by atoms with Gasteiger partial charge in [0.15, 0.2) is 11.5 Å². The molecule has 0 saturated carbocycles. The molecule has 4 heteroatoms. The third-order valence-corrected chi connectivity index (χ3v) is 5.37. The smallest absolute Gasteiger partial charge is 0.165 e. The van der Waals surface area contributed by atoms with Crippen molar-refractivity contribution in [2.45, 2.75) is 36.5 Å². The third kappa shape index (κ3) is 1.28. The second kappa shape index (κ2) is 4.06. The lowest BCUT2D eigenvalue weighted by atomic mass is 9.53. The molecule has 4 nitrogen and oxygen atoms in total. The van der Waals surface area contributed by atoms with Gasteiger partial charge in [-0.3, -0.25) is 0 Å². The van der Waals surface area contributed by atoms with E-state index in [1.165, 1.54) is 19.3 Å². The Morgan fingerprint density at radius 2 is 2.41 bits per heavy atom. The number of aliphatic hydroxyl groups excluding tert-OH is 1. The number of nitrogens with zero attached hydrogens (tertiary/aromatic N) is 1. The largest absolute Gasteiger partial charge is 0.493 e. The second-order valence-corrected chi connectivity index (χ2v) is 6.25. The molecule has 1 N–H and O–H groups in total. The highest BCUT2D eigenvalue weighted by atomic mass is 16.5. The molecule has 1 aromatic rings. The summed E-state index contributed by atoms with van der Waals surface area (Å²) in [7, 11) is 1.48. The topological polar surface area (TPSA) is 41.9 Å². The van der Waals surface area contributed by atoms with Crippen molar-refractivity contribution >= 4 is 0 Å². The SMILES string of the molecule is [2H]C([2H])([2H])N1CC[C@]23c4c5ccc(OC)c4OC2([2H])C(O)C=C[C@@]3([2H])[C@@]1([2H])C5.